The summed E-state index contributed by atoms with van der Waals surface area (Å²) >= 11 is 0. The van der Waals surface area contributed by atoms with Crippen molar-refractivity contribution in [3.8, 4) is 23.1 Å². The lowest BCUT2D eigenvalue weighted by atomic mass is 10.1. The van der Waals surface area contributed by atoms with Crippen molar-refractivity contribution in [3.05, 3.63) is 48.7 Å². The van der Waals surface area contributed by atoms with Crippen molar-refractivity contribution in [1.82, 2.24) is 34.3 Å². The number of ether oxygens (including phenoxy) is 2. The van der Waals surface area contributed by atoms with E-state index in [0.29, 0.717) is 11.8 Å². The molecule has 4 aromatic heterocycles. The molecule has 162 valence electrons. The molecule has 31 heavy (non-hydrogen) atoms. The van der Waals surface area contributed by atoms with E-state index in [-0.39, 0.29) is 10.7 Å². The molecule has 0 amide bonds. The van der Waals surface area contributed by atoms with E-state index in [1.807, 2.05) is 6.20 Å². The van der Waals surface area contributed by atoms with Crippen molar-refractivity contribution in [2.75, 3.05) is 14.2 Å². The van der Waals surface area contributed by atoms with Gasteiger partial charge in [0.25, 0.3) is 0 Å². The zero-order valence-electron chi connectivity index (χ0n) is 16.6. The first kappa shape index (κ1) is 20.6. The highest BCUT2D eigenvalue weighted by Crippen LogP contribution is 2.43. The summed E-state index contributed by atoms with van der Waals surface area (Å²) in [5.41, 5.74) is 3.64. The lowest BCUT2D eigenvalue weighted by Gasteiger charge is -2.10. The maximum Gasteiger partial charge on any atom is 0.504 e. The number of methoxy groups -OCH3 is 2. The van der Waals surface area contributed by atoms with Gasteiger partial charge in [0.05, 0.1) is 25.5 Å². The van der Waals surface area contributed by atoms with E-state index in [0.717, 1.165) is 29.3 Å². The number of fused-ring (bicyclic) bond motifs is 1. The van der Waals surface area contributed by atoms with Crippen molar-refractivity contribution in [1.29, 1.82) is 0 Å². The van der Waals surface area contributed by atoms with Crippen LogP contribution in [-0.2, 0) is 6.30 Å². The Kier molecular flexibility index (Phi) is 5.44. The number of alkyl halides is 3. The Bertz CT molecular complexity index is 1170. The molecule has 5 rings (SSSR count). The molecule has 1 fully saturated rings. The lowest BCUT2D eigenvalue weighted by Crippen LogP contribution is -2.16. The molecule has 4 heterocycles. The van der Waals surface area contributed by atoms with E-state index in [1.165, 1.54) is 31.6 Å². The Balaban J connectivity index is 0.000000217. The van der Waals surface area contributed by atoms with Crippen LogP contribution in [0.1, 0.15) is 24.3 Å². The summed E-state index contributed by atoms with van der Waals surface area (Å²) in [5.74, 6) is 1.01. The third-order valence-corrected chi connectivity index (χ3v) is 4.55. The average molecular weight is 433 g/mol. The average Bonchev–Trinajstić information content (AvgIpc) is 3.24. The Labute approximate surface area is 174 Å². The fraction of sp³-hybridized carbons (Fsp3) is 0.316. The zero-order chi connectivity index (χ0) is 22.0. The van der Waals surface area contributed by atoms with Crippen LogP contribution in [0, 0.1) is 0 Å². The normalized spacial score (nSPS) is 13.6. The Morgan fingerprint density at radius 1 is 1.06 bits per heavy atom. The Morgan fingerprint density at radius 3 is 2.45 bits per heavy atom. The van der Waals surface area contributed by atoms with Gasteiger partial charge in [0, 0.05) is 36.5 Å². The minimum absolute atomic E-state index is 0.0625. The van der Waals surface area contributed by atoms with Gasteiger partial charge in [-0.1, -0.05) is 0 Å². The van der Waals surface area contributed by atoms with E-state index >= 15 is 0 Å². The molecule has 0 radical (unpaired) electrons. The van der Waals surface area contributed by atoms with Gasteiger partial charge >= 0.3 is 12.3 Å². The first-order valence-electron chi connectivity index (χ1n) is 9.27. The van der Waals surface area contributed by atoms with Crippen LogP contribution in [0.3, 0.4) is 0 Å². The Hall–Kier alpha value is -3.70. The standard InChI is InChI=1S/C15H15N5O2.C4H3F3N2/c1-21-14-11(8-17-15(18-14)22-2)12-7-10(9-3-4-9)13-16-5-6-20(13)19-12;5-4(6,7)9-3-1-2-8-9/h5-9H,3-4H2,1-2H3;1-3H. The van der Waals surface area contributed by atoms with Crippen LogP contribution in [0.15, 0.2) is 43.1 Å². The molecule has 1 aliphatic rings. The smallest absolute Gasteiger partial charge is 0.480 e. The quantitative estimate of drug-likeness (QED) is 0.487. The third kappa shape index (κ3) is 4.42. The first-order valence-corrected chi connectivity index (χ1v) is 9.27. The molecule has 9 nitrogen and oxygen atoms in total. The van der Waals surface area contributed by atoms with E-state index in [2.05, 4.69) is 31.2 Å². The molecule has 4 aromatic rings. The molecule has 12 heteroatoms. The SMILES string of the molecule is COc1ncc(-c2cc(C3CC3)c3nccn3n2)c(OC)n1.FC(F)(F)n1cccn1. The maximum absolute atomic E-state index is 11.5. The summed E-state index contributed by atoms with van der Waals surface area (Å²) in [6.45, 7) is 0. The predicted molar refractivity (Wildman–Crippen MR) is 103 cm³/mol. The van der Waals surface area contributed by atoms with E-state index in [9.17, 15) is 13.2 Å². The molecule has 0 N–H and O–H groups in total. The van der Waals surface area contributed by atoms with Crippen LogP contribution in [0.4, 0.5) is 13.2 Å². The van der Waals surface area contributed by atoms with Gasteiger partial charge in [-0.25, -0.2) is 14.5 Å². The minimum Gasteiger partial charge on any atom is -0.480 e. The number of rotatable bonds is 4. The third-order valence-electron chi connectivity index (χ3n) is 4.55. The molecule has 0 unspecified atom stereocenters. The number of halogens is 3. The van der Waals surface area contributed by atoms with Crippen molar-refractivity contribution < 1.29 is 22.6 Å². The van der Waals surface area contributed by atoms with Crippen LogP contribution in [0.2, 0.25) is 0 Å². The molecule has 1 aliphatic carbocycles. The second-order valence-corrected chi connectivity index (χ2v) is 6.65. The molecule has 0 saturated heterocycles. The molecule has 0 atom stereocenters. The van der Waals surface area contributed by atoms with Gasteiger partial charge in [-0.15, -0.1) is 13.2 Å². The molecule has 0 aliphatic heterocycles. The summed E-state index contributed by atoms with van der Waals surface area (Å²) in [6.07, 6.45) is 5.23. The molecular formula is C19H18F3N7O2. The molecule has 1 saturated carbocycles. The summed E-state index contributed by atoms with van der Waals surface area (Å²) in [4.78, 5) is 12.8. The largest absolute Gasteiger partial charge is 0.504 e. The lowest BCUT2D eigenvalue weighted by molar-refractivity contribution is -0.212. The van der Waals surface area contributed by atoms with Gasteiger partial charge in [-0.2, -0.15) is 19.9 Å². The van der Waals surface area contributed by atoms with Gasteiger partial charge in [0.15, 0.2) is 5.65 Å². The fourth-order valence-corrected chi connectivity index (χ4v) is 2.97. The molecule has 0 aromatic carbocycles. The highest BCUT2D eigenvalue weighted by molar-refractivity contribution is 5.67. The highest BCUT2D eigenvalue weighted by atomic mass is 19.4. The van der Waals surface area contributed by atoms with Gasteiger partial charge in [-0.05, 0) is 30.9 Å². The molecule has 0 spiro atoms. The second kappa shape index (κ2) is 8.20. The monoisotopic (exact) mass is 433 g/mol. The molecular weight excluding hydrogens is 415 g/mol. The number of nitrogens with zero attached hydrogens (tertiary/aromatic N) is 7. The number of aromatic nitrogens is 7. The van der Waals surface area contributed by atoms with Crippen molar-refractivity contribution in [3.63, 3.8) is 0 Å². The van der Waals surface area contributed by atoms with Crippen molar-refractivity contribution >= 4 is 5.65 Å². The van der Waals surface area contributed by atoms with Crippen LogP contribution in [-0.4, -0.2) is 48.6 Å². The van der Waals surface area contributed by atoms with Gasteiger partial charge in [0.1, 0.15) is 0 Å². The van der Waals surface area contributed by atoms with Crippen molar-refractivity contribution in [2.24, 2.45) is 0 Å². The van der Waals surface area contributed by atoms with Crippen LogP contribution in [0.5, 0.6) is 11.9 Å². The summed E-state index contributed by atoms with van der Waals surface area (Å²) < 4.78 is 46.7. The topological polar surface area (TPSA) is 92.3 Å². The highest BCUT2D eigenvalue weighted by Gasteiger charge is 2.30. The van der Waals surface area contributed by atoms with E-state index in [4.69, 9.17) is 9.47 Å². The number of hydrogen-bond donors (Lipinski definition) is 0. The second-order valence-electron chi connectivity index (χ2n) is 6.65. The zero-order valence-corrected chi connectivity index (χ0v) is 16.6. The first-order chi connectivity index (χ1) is 14.9. The van der Waals surface area contributed by atoms with Crippen LogP contribution >= 0.6 is 0 Å². The van der Waals surface area contributed by atoms with Crippen LogP contribution < -0.4 is 9.47 Å². The minimum atomic E-state index is -4.37. The van der Waals surface area contributed by atoms with Gasteiger partial charge in [0.2, 0.25) is 5.88 Å². The van der Waals surface area contributed by atoms with Gasteiger partial charge < -0.3 is 9.47 Å². The van der Waals surface area contributed by atoms with Crippen molar-refractivity contribution in [2.45, 2.75) is 25.1 Å². The van der Waals surface area contributed by atoms with Crippen LogP contribution in [0.25, 0.3) is 16.9 Å². The van der Waals surface area contributed by atoms with E-state index in [1.54, 1.807) is 24.0 Å². The number of imidazole rings is 1. The molecule has 0 bridgehead atoms. The van der Waals surface area contributed by atoms with Gasteiger partial charge in [-0.3, -0.25) is 0 Å². The predicted octanol–water partition coefficient (Wildman–Crippen LogP) is 3.44. The Morgan fingerprint density at radius 2 is 1.87 bits per heavy atom. The maximum atomic E-state index is 11.5. The summed E-state index contributed by atoms with van der Waals surface area (Å²) in [6, 6.07) is 3.55. The fourth-order valence-electron chi connectivity index (χ4n) is 2.97. The summed E-state index contributed by atoms with van der Waals surface area (Å²) in [7, 11) is 3.10. The van der Waals surface area contributed by atoms with E-state index < -0.39 is 6.30 Å². The summed E-state index contributed by atoms with van der Waals surface area (Å²) in [5, 5.41) is 7.57. The number of hydrogen-bond acceptors (Lipinski definition) is 7.